The van der Waals surface area contributed by atoms with Crippen molar-refractivity contribution in [3.8, 4) is 0 Å². The van der Waals surface area contributed by atoms with Gasteiger partial charge in [-0.15, -0.1) is 0 Å². The monoisotopic (exact) mass is 247 g/mol. The predicted molar refractivity (Wildman–Crippen MR) is 80.1 cm³/mol. The SMILES string of the molecule is CC(C)CCN=C(N)Nc1cccc(C(C)C)c1. The fourth-order valence-electron chi connectivity index (χ4n) is 1.61. The van der Waals surface area contributed by atoms with E-state index in [2.05, 4.69) is 50.1 Å². The van der Waals surface area contributed by atoms with Crippen LogP contribution in [0.5, 0.6) is 0 Å². The van der Waals surface area contributed by atoms with Gasteiger partial charge in [0.1, 0.15) is 0 Å². The van der Waals surface area contributed by atoms with Crippen LogP contribution in [0.2, 0.25) is 0 Å². The van der Waals surface area contributed by atoms with Crippen molar-refractivity contribution in [2.45, 2.75) is 40.0 Å². The number of hydrogen-bond acceptors (Lipinski definition) is 1. The molecular weight excluding hydrogens is 222 g/mol. The smallest absolute Gasteiger partial charge is 0.193 e. The minimum absolute atomic E-state index is 0.497. The molecule has 0 aromatic heterocycles. The van der Waals surface area contributed by atoms with Crippen LogP contribution < -0.4 is 11.1 Å². The van der Waals surface area contributed by atoms with Crippen LogP contribution in [-0.2, 0) is 0 Å². The number of rotatable bonds is 5. The summed E-state index contributed by atoms with van der Waals surface area (Å²) in [6, 6.07) is 8.30. The van der Waals surface area contributed by atoms with E-state index in [0.717, 1.165) is 18.7 Å². The summed E-state index contributed by atoms with van der Waals surface area (Å²) in [5.74, 6) is 1.67. The Balaban J connectivity index is 2.58. The molecule has 3 nitrogen and oxygen atoms in total. The van der Waals surface area contributed by atoms with Gasteiger partial charge in [-0.1, -0.05) is 39.8 Å². The summed E-state index contributed by atoms with van der Waals surface area (Å²) in [5, 5.41) is 3.14. The summed E-state index contributed by atoms with van der Waals surface area (Å²) in [6.07, 6.45) is 1.06. The molecule has 0 atom stereocenters. The standard InChI is InChI=1S/C15H25N3/c1-11(2)8-9-17-15(16)18-14-7-5-6-13(10-14)12(3)4/h5-7,10-12H,8-9H2,1-4H3,(H3,16,17,18). The maximum atomic E-state index is 5.86. The molecule has 0 spiro atoms. The number of nitrogens with zero attached hydrogens (tertiary/aromatic N) is 1. The highest BCUT2D eigenvalue weighted by Crippen LogP contribution is 2.18. The molecule has 0 fully saturated rings. The van der Waals surface area contributed by atoms with Crippen molar-refractivity contribution in [1.29, 1.82) is 0 Å². The molecule has 0 aliphatic rings. The first-order chi connectivity index (χ1) is 8.49. The molecule has 0 bridgehead atoms. The molecule has 0 heterocycles. The third-order valence-corrected chi connectivity index (χ3v) is 2.81. The number of nitrogens with one attached hydrogen (secondary N) is 1. The molecule has 3 heteroatoms. The van der Waals surface area contributed by atoms with E-state index in [9.17, 15) is 0 Å². The van der Waals surface area contributed by atoms with Gasteiger partial charge in [0.25, 0.3) is 0 Å². The first-order valence-electron chi connectivity index (χ1n) is 6.66. The van der Waals surface area contributed by atoms with Gasteiger partial charge in [0.2, 0.25) is 0 Å². The highest BCUT2D eigenvalue weighted by Gasteiger charge is 2.01. The highest BCUT2D eigenvalue weighted by atomic mass is 15.1. The molecule has 1 aromatic carbocycles. The van der Waals surface area contributed by atoms with Crippen LogP contribution in [0, 0.1) is 5.92 Å². The Morgan fingerprint density at radius 3 is 2.61 bits per heavy atom. The Morgan fingerprint density at radius 2 is 2.00 bits per heavy atom. The summed E-state index contributed by atoms with van der Waals surface area (Å²) in [7, 11) is 0. The highest BCUT2D eigenvalue weighted by molar-refractivity contribution is 5.92. The number of anilines is 1. The van der Waals surface area contributed by atoms with E-state index >= 15 is 0 Å². The quantitative estimate of drug-likeness (QED) is 0.617. The van der Waals surface area contributed by atoms with Crippen LogP contribution in [0.1, 0.15) is 45.6 Å². The maximum absolute atomic E-state index is 5.86. The molecule has 0 amide bonds. The second kappa shape index (κ2) is 7.04. The zero-order valence-corrected chi connectivity index (χ0v) is 11.9. The van der Waals surface area contributed by atoms with Gasteiger partial charge in [0.05, 0.1) is 0 Å². The molecule has 0 saturated carbocycles. The minimum atomic E-state index is 0.497. The van der Waals surface area contributed by atoms with Gasteiger partial charge in [-0.25, -0.2) is 0 Å². The Hall–Kier alpha value is -1.51. The van der Waals surface area contributed by atoms with Crippen LogP contribution >= 0.6 is 0 Å². The Morgan fingerprint density at radius 1 is 1.28 bits per heavy atom. The Bertz CT molecular complexity index is 394. The van der Waals surface area contributed by atoms with Crippen molar-refractivity contribution in [1.82, 2.24) is 0 Å². The lowest BCUT2D eigenvalue weighted by atomic mass is 10.0. The summed E-state index contributed by atoms with van der Waals surface area (Å²) in [4.78, 5) is 4.32. The van der Waals surface area contributed by atoms with E-state index in [1.807, 2.05) is 12.1 Å². The topological polar surface area (TPSA) is 50.4 Å². The van der Waals surface area contributed by atoms with Crippen LogP contribution in [0.25, 0.3) is 0 Å². The lowest BCUT2D eigenvalue weighted by molar-refractivity contribution is 0.597. The lowest BCUT2D eigenvalue weighted by Crippen LogP contribution is -2.23. The average molecular weight is 247 g/mol. The zero-order valence-electron chi connectivity index (χ0n) is 11.9. The molecule has 3 N–H and O–H groups in total. The molecule has 0 aliphatic heterocycles. The largest absolute Gasteiger partial charge is 0.370 e. The average Bonchev–Trinajstić information content (AvgIpc) is 2.28. The Kier molecular flexibility index (Phi) is 5.69. The van der Waals surface area contributed by atoms with Crippen LogP contribution in [0.15, 0.2) is 29.3 Å². The minimum Gasteiger partial charge on any atom is -0.370 e. The van der Waals surface area contributed by atoms with Crippen LogP contribution in [0.3, 0.4) is 0 Å². The summed E-state index contributed by atoms with van der Waals surface area (Å²) >= 11 is 0. The van der Waals surface area contributed by atoms with Gasteiger partial charge in [0.15, 0.2) is 5.96 Å². The first kappa shape index (κ1) is 14.6. The van der Waals surface area contributed by atoms with Crippen LogP contribution in [0.4, 0.5) is 5.69 Å². The maximum Gasteiger partial charge on any atom is 0.193 e. The Labute approximate surface area is 111 Å². The second-order valence-electron chi connectivity index (χ2n) is 5.35. The third-order valence-electron chi connectivity index (χ3n) is 2.81. The van der Waals surface area contributed by atoms with Gasteiger partial charge >= 0.3 is 0 Å². The fourth-order valence-corrected chi connectivity index (χ4v) is 1.61. The van der Waals surface area contributed by atoms with Gasteiger partial charge < -0.3 is 11.1 Å². The number of aliphatic imine (C=N–C) groups is 1. The van der Waals surface area contributed by atoms with Crippen molar-refractivity contribution < 1.29 is 0 Å². The molecule has 1 aromatic rings. The molecule has 1 rings (SSSR count). The van der Waals surface area contributed by atoms with Gasteiger partial charge in [-0.2, -0.15) is 0 Å². The lowest BCUT2D eigenvalue weighted by Gasteiger charge is -2.10. The molecule has 0 radical (unpaired) electrons. The van der Waals surface area contributed by atoms with Gasteiger partial charge in [-0.3, -0.25) is 4.99 Å². The van der Waals surface area contributed by atoms with Crippen molar-refractivity contribution >= 4 is 11.6 Å². The number of benzene rings is 1. The van der Waals surface area contributed by atoms with E-state index in [-0.39, 0.29) is 0 Å². The van der Waals surface area contributed by atoms with Gasteiger partial charge in [0, 0.05) is 12.2 Å². The van der Waals surface area contributed by atoms with Crippen molar-refractivity contribution in [3.63, 3.8) is 0 Å². The molecular formula is C15H25N3. The molecule has 0 unspecified atom stereocenters. The molecule has 0 saturated heterocycles. The van der Waals surface area contributed by atoms with E-state index in [1.54, 1.807) is 0 Å². The van der Waals surface area contributed by atoms with Crippen LogP contribution in [-0.4, -0.2) is 12.5 Å². The van der Waals surface area contributed by atoms with Crippen molar-refractivity contribution in [2.24, 2.45) is 16.6 Å². The number of nitrogens with two attached hydrogens (primary N) is 1. The molecule has 100 valence electrons. The first-order valence-corrected chi connectivity index (χ1v) is 6.66. The van der Waals surface area contributed by atoms with Gasteiger partial charge in [-0.05, 0) is 36.0 Å². The van der Waals surface area contributed by atoms with Crippen molar-refractivity contribution in [3.05, 3.63) is 29.8 Å². The molecule has 0 aliphatic carbocycles. The van der Waals surface area contributed by atoms with E-state index < -0.39 is 0 Å². The zero-order chi connectivity index (χ0) is 13.5. The number of guanidine groups is 1. The third kappa shape index (κ3) is 5.21. The number of hydrogen-bond donors (Lipinski definition) is 2. The predicted octanol–water partition coefficient (Wildman–Crippen LogP) is 3.58. The van der Waals surface area contributed by atoms with Crippen molar-refractivity contribution in [2.75, 3.05) is 11.9 Å². The van der Waals surface area contributed by atoms with E-state index in [1.165, 1.54) is 5.56 Å². The summed E-state index contributed by atoms with van der Waals surface area (Å²) < 4.78 is 0. The molecule has 18 heavy (non-hydrogen) atoms. The summed E-state index contributed by atoms with van der Waals surface area (Å²) in [5.41, 5.74) is 8.16. The second-order valence-corrected chi connectivity index (χ2v) is 5.35. The van der Waals surface area contributed by atoms with E-state index in [4.69, 9.17) is 5.73 Å². The normalized spacial score (nSPS) is 12.2. The summed E-state index contributed by atoms with van der Waals surface area (Å²) in [6.45, 7) is 9.51. The fraction of sp³-hybridized carbons (Fsp3) is 0.533. The van der Waals surface area contributed by atoms with E-state index in [0.29, 0.717) is 17.8 Å².